The summed E-state index contributed by atoms with van der Waals surface area (Å²) in [6.45, 7) is 3.29. The highest BCUT2D eigenvalue weighted by molar-refractivity contribution is 6.03. The Morgan fingerprint density at radius 2 is 1.86 bits per heavy atom. The van der Waals surface area contributed by atoms with E-state index in [-0.39, 0.29) is 18.5 Å². The highest BCUT2D eigenvalue weighted by Gasteiger charge is 2.39. The lowest BCUT2D eigenvalue weighted by atomic mass is 9.75. The molecule has 3 aliphatic rings. The average Bonchev–Trinajstić information content (AvgIpc) is 3.40. The highest BCUT2D eigenvalue weighted by atomic mass is 16.6. The van der Waals surface area contributed by atoms with Gasteiger partial charge in [0.2, 0.25) is 0 Å². The van der Waals surface area contributed by atoms with E-state index >= 15 is 0 Å². The van der Waals surface area contributed by atoms with E-state index in [1.807, 2.05) is 61.5 Å². The van der Waals surface area contributed by atoms with Gasteiger partial charge in [-0.2, -0.15) is 0 Å². The molecule has 182 valence electrons. The molecule has 1 fully saturated rings. The molecule has 2 aliphatic heterocycles. The van der Waals surface area contributed by atoms with Gasteiger partial charge in [-0.1, -0.05) is 42.5 Å². The second-order valence-electron chi connectivity index (χ2n) is 9.34. The third-order valence-electron chi connectivity index (χ3n) is 6.88. The van der Waals surface area contributed by atoms with Crippen LogP contribution in [0, 0.1) is 0 Å². The number of Topliss-reactive ketones (excluding diaryl/α,β-unsaturated/α-hetero) is 1. The van der Waals surface area contributed by atoms with Crippen LogP contribution < -0.4 is 10.1 Å². The van der Waals surface area contributed by atoms with Gasteiger partial charge in [-0.05, 0) is 55.9 Å². The van der Waals surface area contributed by atoms with E-state index in [2.05, 4.69) is 5.32 Å². The lowest BCUT2D eigenvalue weighted by molar-refractivity contribution is -0.142. The van der Waals surface area contributed by atoms with E-state index in [1.54, 1.807) is 0 Å². The van der Waals surface area contributed by atoms with E-state index in [0.29, 0.717) is 30.8 Å². The summed E-state index contributed by atoms with van der Waals surface area (Å²) in [5.74, 6) is -0.0342. The minimum atomic E-state index is -0.459. The summed E-state index contributed by atoms with van der Waals surface area (Å²) in [5.41, 5.74) is 4.81. The topological polar surface area (TPSA) is 73.9 Å². The summed E-state index contributed by atoms with van der Waals surface area (Å²) in [6.07, 6.45) is 3.93. The Labute approximate surface area is 206 Å². The minimum absolute atomic E-state index is 0.0537. The molecule has 2 heterocycles. The van der Waals surface area contributed by atoms with E-state index in [9.17, 15) is 9.59 Å². The largest absolute Gasteiger partial charge is 0.489 e. The fourth-order valence-electron chi connectivity index (χ4n) is 5.11. The van der Waals surface area contributed by atoms with Crippen molar-refractivity contribution in [2.75, 3.05) is 13.2 Å². The first-order valence-corrected chi connectivity index (χ1v) is 12.4. The summed E-state index contributed by atoms with van der Waals surface area (Å²) in [6, 6.07) is 17.7. The maximum atomic E-state index is 13.3. The number of rotatable bonds is 7. The van der Waals surface area contributed by atoms with Crippen molar-refractivity contribution in [3.05, 3.63) is 88.3 Å². The molecule has 2 aromatic carbocycles. The smallest absolute Gasteiger partial charge is 0.336 e. The van der Waals surface area contributed by atoms with Crippen LogP contribution in [0.1, 0.15) is 56.1 Å². The minimum Gasteiger partial charge on any atom is -0.489 e. The van der Waals surface area contributed by atoms with Crippen LogP contribution in [0.2, 0.25) is 0 Å². The Morgan fingerprint density at radius 3 is 2.60 bits per heavy atom. The standard InChI is InChI=1S/C29H31NO5/c1-19-26(29(32)35-18-23-9-6-16-33-23)27(28-24(30-19)10-5-11-25(28)31)21-12-14-22(15-13-21)34-17-20-7-3-2-4-8-20/h2-4,7-8,12-15,23,27,30H,5-6,9-11,16-18H2,1H3/t23-,27+/m1/s1. The van der Waals surface area contributed by atoms with Gasteiger partial charge >= 0.3 is 5.97 Å². The van der Waals surface area contributed by atoms with Crippen LogP contribution in [0.3, 0.4) is 0 Å². The number of allylic oxidation sites excluding steroid dienone is 3. The molecule has 6 heteroatoms. The van der Waals surface area contributed by atoms with Gasteiger partial charge in [0.25, 0.3) is 0 Å². The van der Waals surface area contributed by atoms with Crippen molar-refractivity contribution in [1.82, 2.24) is 5.32 Å². The van der Waals surface area contributed by atoms with E-state index in [4.69, 9.17) is 14.2 Å². The number of esters is 1. The molecule has 0 bridgehead atoms. The second-order valence-corrected chi connectivity index (χ2v) is 9.34. The number of hydrogen-bond acceptors (Lipinski definition) is 6. The number of ketones is 1. The third kappa shape index (κ3) is 5.17. The predicted octanol–water partition coefficient (Wildman–Crippen LogP) is 4.96. The van der Waals surface area contributed by atoms with E-state index in [0.717, 1.165) is 54.0 Å². The molecule has 5 rings (SSSR count). The number of carbonyl (C=O) groups excluding carboxylic acids is 2. The van der Waals surface area contributed by atoms with Crippen LogP contribution in [-0.2, 0) is 25.7 Å². The molecule has 1 N–H and O–H groups in total. The zero-order valence-electron chi connectivity index (χ0n) is 20.0. The first-order chi connectivity index (χ1) is 17.1. The molecule has 0 unspecified atom stereocenters. The molecule has 35 heavy (non-hydrogen) atoms. The maximum absolute atomic E-state index is 13.3. The molecule has 0 amide bonds. The van der Waals surface area contributed by atoms with Crippen LogP contribution in [0.5, 0.6) is 5.75 Å². The molecule has 2 aromatic rings. The van der Waals surface area contributed by atoms with Crippen molar-refractivity contribution < 1.29 is 23.8 Å². The Morgan fingerprint density at radius 1 is 1.06 bits per heavy atom. The number of carbonyl (C=O) groups is 2. The van der Waals surface area contributed by atoms with Gasteiger partial charge in [-0.15, -0.1) is 0 Å². The van der Waals surface area contributed by atoms with Gasteiger partial charge in [0.05, 0.1) is 11.7 Å². The second kappa shape index (κ2) is 10.5. The first-order valence-electron chi connectivity index (χ1n) is 12.4. The van der Waals surface area contributed by atoms with Crippen molar-refractivity contribution in [2.24, 2.45) is 0 Å². The van der Waals surface area contributed by atoms with E-state index in [1.165, 1.54) is 0 Å². The molecule has 1 aliphatic carbocycles. The summed E-state index contributed by atoms with van der Waals surface area (Å²) in [7, 11) is 0. The van der Waals surface area contributed by atoms with Crippen LogP contribution in [0.4, 0.5) is 0 Å². The Hall–Kier alpha value is -3.38. The normalized spacial score (nSPS) is 22.0. The SMILES string of the molecule is CC1=C(C(=O)OC[C@H]2CCCO2)[C@H](c2ccc(OCc3ccccc3)cc2)C2=C(CCCC2=O)N1. The number of hydrogen-bond donors (Lipinski definition) is 1. The van der Waals surface area contributed by atoms with Gasteiger partial charge in [-0.25, -0.2) is 4.79 Å². The zero-order valence-corrected chi connectivity index (χ0v) is 20.0. The molecule has 0 saturated carbocycles. The van der Waals surface area contributed by atoms with Gasteiger partial charge in [-0.3, -0.25) is 4.79 Å². The predicted molar refractivity (Wildman–Crippen MR) is 132 cm³/mol. The van der Waals surface area contributed by atoms with Gasteiger partial charge in [0.1, 0.15) is 19.0 Å². The maximum Gasteiger partial charge on any atom is 0.336 e. The third-order valence-corrected chi connectivity index (χ3v) is 6.88. The van der Waals surface area contributed by atoms with Gasteiger partial charge in [0.15, 0.2) is 5.78 Å². The Bertz CT molecular complexity index is 1140. The van der Waals surface area contributed by atoms with Crippen LogP contribution in [-0.4, -0.2) is 31.1 Å². The molecule has 0 spiro atoms. The molecular formula is C29H31NO5. The monoisotopic (exact) mass is 473 g/mol. The lowest BCUT2D eigenvalue weighted by Gasteiger charge is -2.34. The number of nitrogens with one attached hydrogen (secondary N) is 1. The van der Waals surface area contributed by atoms with Crippen LogP contribution in [0.15, 0.2) is 77.1 Å². The summed E-state index contributed by atoms with van der Waals surface area (Å²) in [4.78, 5) is 26.4. The zero-order chi connectivity index (χ0) is 24.2. The molecule has 6 nitrogen and oxygen atoms in total. The Balaban J connectivity index is 1.40. The van der Waals surface area contributed by atoms with Crippen LogP contribution >= 0.6 is 0 Å². The molecule has 0 radical (unpaired) electrons. The number of ether oxygens (including phenoxy) is 3. The van der Waals surface area contributed by atoms with Crippen molar-refractivity contribution in [1.29, 1.82) is 0 Å². The summed E-state index contributed by atoms with van der Waals surface area (Å²) >= 11 is 0. The lowest BCUT2D eigenvalue weighted by Crippen LogP contribution is -2.35. The van der Waals surface area contributed by atoms with Crippen molar-refractivity contribution in [3.8, 4) is 5.75 Å². The molecular weight excluding hydrogens is 442 g/mol. The van der Waals surface area contributed by atoms with Gasteiger partial charge in [0, 0.05) is 35.9 Å². The fraction of sp³-hybridized carbons (Fsp3) is 0.379. The summed E-state index contributed by atoms with van der Waals surface area (Å²) in [5, 5.41) is 3.34. The number of benzene rings is 2. The average molecular weight is 474 g/mol. The first kappa shape index (κ1) is 23.4. The van der Waals surface area contributed by atoms with Crippen molar-refractivity contribution in [2.45, 2.75) is 57.7 Å². The molecule has 0 aromatic heterocycles. The van der Waals surface area contributed by atoms with Crippen LogP contribution in [0.25, 0.3) is 0 Å². The van der Waals surface area contributed by atoms with Gasteiger partial charge < -0.3 is 19.5 Å². The summed E-state index contributed by atoms with van der Waals surface area (Å²) < 4.78 is 17.3. The van der Waals surface area contributed by atoms with Crippen molar-refractivity contribution in [3.63, 3.8) is 0 Å². The van der Waals surface area contributed by atoms with E-state index < -0.39 is 11.9 Å². The van der Waals surface area contributed by atoms with Crippen molar-refractivity contribution >= 4 is 11.8 Å². The molecule has 2 atom stereocenters. The highest BCUT2D eigenvalue weighted by Crippen LogP contribution is 2.42. The molecule has 1 saturated heterocycles. The number of dihydropyridines is 1. The Kier molecular flexibility index (Phi) is 7.00. The fourth-order valence-corrected chi connectivity index (χ4v) is 5.11. The quantitative estimate of drug-likeness (QED) is 0.574.